The zero-order valence-electron chi connectivity index (χ0n) is 19.1. The van der Waals surface area contributed by atoms with Crippen LogP contribution < -0.4 is 10.0 Å². The second-order valence-corrected chi connectivity index (χ2v) is 10.1. The Hall–Kier alpha value is -3.36. The first-order valence-electron chi connectivity index (χ1n) is 10.8. The average molecular weight is 497 g/mol. The number of imidazole rings is 1. The minimum atomic E-state index is -3.92. The molecule has 0 aliphatic heterocycles. The van der Waals surface area contributed by atoms with E-state index in [1.54, 1.807) is 12.1 Å². The van der Waals surface area contributed by atoms with Crippen LogP contribution in [0, 0.1) is 13.8 Å². The van der Waals surface area contributed by atoms with E-state index in [0.717, 1.165) is 22.2 Å². The molecule has 7 nitrogen and oxygen atoms in total. The lowest BCUT2D eigenvalue weighted by atomic mass is 10.1. The van der Waals surface area contributed by atoms with Gasteiger partial charge >= 0.3 is 0 Å². The predicted molar refractivity (Wildman–Crippen MR) is 135 cm³/mol. The Morgan fingerprint density at radius 3 is 2.53 bits per heavy atom. The van der Waals surface area contributed by atoms with Crippen molar-refractivity contribution < 1.29 is 13.2 Å². The molecule has 34 heavy (non-hydrogen) atoms. The zero-order chi connectivity index (χ0) is 24.5. The van der Waals surface area contributed by atoms with Crippen molar-refractivity contribution in [1.29, 1.82) is 0 Å². The van der Waals surface area contributed by atoms with Crippen LogP contribution >= 0.6 is 11.6 Å². The molecular formula is C25H25ClN4O3S. The van der Waals surface area contributed by atoms with E-state index in [4.69, 9.17) is 11.6 Å². The van der Waals surface area contributed by atoms with Crippen molar-refractivity contribution in [2.75, 3.05) is 4.72 Å². The summed E-state index contributed by atoms with van der Waals surface area (Å²) in [6.45, 7) is 6.74. The molecule has 0 spiro atoms. The molecule has 0 saturated heterocycles. The summed E-state index contributed by atoms with van der Waals surface area (Å²) in [7, 11) is -3.92. The zero-order valence-corrected chi connectivity index (χ0v) is 20.7. The number of rotatable bonds is 7. The summed E-state index contributed by atoms with van der Waals surface area (Å²) in [5.74, 6) is 0.219. The number of benzene rings is 3. The lowest BCUT2D eigenvalue weighted by Crippen LogP contribution is -2.25. The molecule has 1 heterocycles. The Morgan fingerprint density at radius 2 is 1.79 bits per heavy atom. The van der Waals surface area contributed by atoms with Crippen molar-refractivity contribution >= 4 is 44.3 Å². The quantitative estimate of drug-likeness (QED) is 0.374. The van der Waals surface area contributed by atoms with Crippen molar-refractivity contribution in [3.8, 4) is 0 Å². The molecule has 1 aromatic heterocycles. The molecule has 176 valence electrons. The lowest BCUT2D eigenvalue weighted by Gasteiger charge is -2.12. The van der Waals surface area contributed by atoms with Gasteiger partial charge in [-0.2, -0.15) is 0 Å². The van der Waals surface area contributed by atoms with Crippen LogP contribution in [0.1, 0.15) is 34.2 Å². The molecule has 0 unspecified atom stereocenters. The monoisotopic (exact) mass is 496 g/mol. The predicted octanol–water partition coefficient (Wildman–Crippen LogP) is 5.06. The third-order valence-electron chi connectivity index (χ3n) is 5.71. The van der Waals surface area contributed by atoms with E-state index in [-0.39, 0.29) is 22.0 Å². The number of carbonyl (C=O) groups excluding carboxylic acids is 1. The number of amides is 1. The molecule has 1 amide bonds. The van der Waals surface area contributed by atoms with E-state index in [2.05, 4.69) is 15.0 Å². The summed E-state index contributed by atoms with van der Waals surface area (Å²) < 4.78 is 30.5. The molecule has 0 bridgehead atoms. The number of hydrogen-bond acceptors (Lipinski definition) is 4. The molecule has 3 aromatic carbocycles. The van der Waals surface area contributed by atoms with Crippen molar-refractivity contribution in [2.24, 2.45) is 0 Å². The Kier molecular flexibility index (Phi) is 6.63. The van der Waals surface area contributed by atoms with Gasteiger partial charge in [0.05, 0.1) is 33.1 Å². The highest BCUT2D eigenvalue weighted by Crippen LogP contribution is 2.24. The van der Waals surface area contributed by atoms with Crippen LogP contribution in [0.4, 0.5) is 5.69 Å². The average Bonchev–Trinajstić information content (AvgIpc) is 3.17. The maximum absolute atomic E-state index is 12.9. The van der Waals surface area contributed by atoms with Crippen LogP contribution in [0.3, 0.4) is 0 Å². The molecule has 4 rings (SSSR count). The molecule has 0 fully saturated rings. The smallest absolute Gasteiger partial charge is 0.261 e. The summed E-state index contributed by atoms with van der Waals surface area (Å²) in [4.78, 5) is 17.5. The first-order valence-corrected chi connectivity index (χ1v) is 12.7. The second kappa shape index (κ2) is 9.48. The number of fused-ring (bicyclic) bond motifs is 1. The Morgan fingerprint density at radius 1 is 1.03 bits per heavy atom. The second-order valence-electron chi connectivity index (χ2n) is 7.99. The number of halogens is 1. The first-order chi connectivity index (χ1) is 16.2. The van der Waals surface area contributed by atoms with E-state index in [9.17, 15) is 13.2 Å². The van der Waals surface area contributed by atoms with Crippen molar-refractivity contribution in [2.45, 2.75) is 38.8 Å². The fourth-order valence-electron chi connectivity index (χ4n) is 3.73. The highest BCUT2D eigenvalue weighted by molar-refractivity contribution is 7.92. The fourth-order valence-corrected chi connectivity index (χ4v) is 5.01. The van der Waals surface area contributed by atoms with Crippen LogP contribution in [0.5, 0.6) is 0 Å². The molecule has 2 N–H and O–H groups in total. The van der Waals surface area contributed by atoms with E-state index in [0.29, 0.717) is 18.1 Å². The van der Waals surface area contributed by atoms with Crippen LogP contribution in [0.15, 0.2) is 65.6 Å². The summed E-state index contributed by atoms with van der Waals surface area (Å²) in [6, 6.07) is 17.1. The van der Waals surface area contributed by atoms with Gasteiger partial charge in [-0.15, -0.1) is 0 Å². The standard InChI is InChI=1S/C25H25ClN4O3S/c1-4-30-23-8-6-5-7-22(23)28-24(30)15-27-25(31)20-14-19(11-12-21(20)26)34(32,33)29-18-10-9-16(2)17(3)13-18/h5-14,29H,4,15H2,1-3H3,(H,27,31). The van der Waals surface area contributed by atoms with Crippen LogP contribution in [0.2, 0.25) is 5.02 Å². The Balaban J connectivity index is 1.56. The fraction of sp³-hybridized carbons (Fsp3) is 0.200. The van der Waals surface area contributed by atoms with E-state index in [1.807, 2.05) is 55.7 Å². The maximum Gasteiger partial charge on any atom is 0.261 e. The number of carbonyl (C=O) groups is 1. The third kappa shape index (κ3) is 4.78. The van der Waals surface area contributed by atoms with Gasteiger partial charge in [0, 0.05) is 12.2 Å². The number of nitrogens with one attached hydrogen (secondary N) is 2. The van der Waals surface area contributed by atoms with Crippen molar-refractivity contribution in [3.63, 3.8) is 0 Å². The van der Waals surface area contributed by atoms with Crippen LogP contribution in [-0.4, -0.2) is 23.9 Å². The highest BCUT2D eigenvalue weighted by atomic mass is 35.5. The number of hydrogen-bond donors (Lipinski definition) is 2. The van der Waals surface area contributed by atoms with Gasteiger partial charge < -0.3 is 9.88 Å². The van der Waals surface area contributed by atoms with E-state index >= 15 is 0 Å². The van der Waals surface area contributed by atoms with Gasteiger partial charge in [-0.3, -0.25) is 9.52 Å². The number of sulfonamides is 1. The van der Waals surface area contributed by atoms with Gasteiger partial charge in [-0.1, -0.05) is 29.8 Å². The van der Waals surface area contributed by atoms with Gasteiger partial charge in [0.1, 0.15) is 5.82 Å². The number of aryl methyl sites for hydroxylation is 3. The van der Waals surface area contributed by atoms with Gasteiger partial charge in [-0.05, 0) is 74.4 Å². The number of nitrogens with zero attached hydrogens (tertiary/aromatic N) is 2. The number of anilines is 1. The van der Waals surface area contributed by atoms with Gasteiger partial charge in [0.2, 0.25) is 0 Å². The molecule has 0 atom stereocenters. The highest BCUT2D eigenvalue weighted by Gasteiger charge is 2.20. The lowest BCUT2D eigenvalue weighted by molar-refractivity contribution is 0.0949. The van der Waals surface area contributed by atoms with E-state index in [1.165, 1.54) is 18.2 Å². The SMILES string of the molecule is CCn1c(CNC(=O)c2cc(S(=O)(=O)Nc3ccc(C)c(C)c3)ccc2Cl)nc2ccccc21. The summed E-state index contributed by atoms with van der Waals surface area (Å²) in [5, 5.41) is 2.97. The Bertz CT molecular complexity index is 1500. The molecular weight excluding hydrogens is 472 g/mol. The van der Waals surface area contributed by atoms with Crippen LogP contribution in [-0.2, 0) is 23.1 Å². The summed E-state index contributed by atoms with van der Waals surface area (Å²) in [5.41, 5.74) is 4.38. The topological polar surface area (TPSA) is 93.1 Å². The minimum Gasteiger partial charge on any atom is -0.345 e. The van der Waals surface area contributed by atoms with Gasteiger partial charge in [0.15, 0.2) is 0 Å². The van der Waals surface area contributed by atoms with Crippen LogP contribution in [0.25, 0.3) is 11.0 Å². The molecule has 0 saturated carbocycles. The molecule has 0 aliphatic carbocycles. The summed E-state index contributed by atoms with van der Waals surface area (Å²) >= 11 is 6.25. The van der Waals surface area contributed by atoms with Crippen molar-refractivity contribution in [3.05, 3.63) is 88.2 Å². The maximum atomic E-state index is 12.9. The normalized spacial score (nSPS) is 11.5. The largest absolute Gasteiger partial charge is 0.345 e. The van der Waals surface area contributed by atoms with Gasteiger partial charge in [-0.25, -0.2) is 13.4 Å². The van der Waals surface area contributed by atoms with E-state index < -0.39 is 15.9 Å². The van der Waals surface area contributed by atoms with Crippen molar-refractivity contribution in [1.82, 2.24) is 14.9 Å². The number of aromatic nitrogens is 2. The first kappa shape index (κ1) is 23.8. The Labute approximate surface area is 203 Å². The molecule has 9 heteroatoms. The number of para-hydroxylation sites is 2. The molecule has 4 aromatic rings. The molecule has 0 aliphatic rings. The third-order valence-corrected chi connectivity index (χ3v) is 7.42. The minimum absolute atomic E-state index is 0.0546. The van der Waals surface area contributed by atoms with Gasteiger partial charge in [0.25, 0.3) is 15.9 Å². The molecule has 0 radical (unpaired) electrons. The summed E-state index contributed by atoms with van der Waals surface area (Å²) in [6.07, 6.45) is 0.